The predicted octanol–water partition coefficient (Wildman–Crippen LogP) is 6.54. The molecule has 2 heterocycles. The van der Waals surface area contributed by atoms with Crippen molar-refractivity contribution in [3.63, 3.8) is 0 Å². The average Bonchev–Trinajstić information content (AvgIpc) is 3.66. The van der Waals surface area contributed by atoms with Crippen molar-refractivity contribution in [1.82, 2.24) is 0 Å². The van der Waals surface area contributed by atoms with Crippen LogP contribution in [0.25, 0.3) is 0 Å². The highest BCUT2D eigenvalue weighted by molar-refractivity contribution is 6.07. The third kappa shape index (κ3) is 5.96. The Hall–Kier alpha value is -4.18. The minimum absolute atomic E-state index is 0.0652. The van der Waals surface area contributed by atoms with Gasteiger partial charge in [-0.25, -0.2) is 9.98 Å². The highest BCUT2D eigenvalue weighted by Crippen LogP contribution is 2.38. The van der Waals surface area contributed by atoms with E-state index in [2.05, 4.69) is 121 Å². The summed E-state index contributed by atoms with van der Waals surface area (Å²) in [6.07, 6.45) is 3.11. The fourth-order valence-corrected chi connectivity index (χ4v) is 5.68. The Kier molecular flexibility index (Phi) is 7.53. The van der Waals surface area contributed by atoms with Crippen molar-refractivity contribution >= 4 is 11.8 Å². The highest BCUT2D eigenvalue weighted by Gasteiger charge is 2.49. The minimum Gasteiger partial charge on any atom is -0.478 e. The van der Waals surface area contributed by atoms with Gasteiger partial charge in [-0.15, -0.1) is 0 Å². The van der Waals surface area contributed by atoms with Crippen LogP contribution in [0.2, 0.25) is 0 Å². The number of hydrogen-bond acceptors (Lipinski definition) is 4. The summed E-state index contributed by atoms with van der Waals surface area (Å²) in [5.74, 6) is 1.49. The monoisotopic (exact) mass is 514 g/mol. The molecule has 4 nitrogen and oxygen atoms in total. The Morgan fingerprint density at radius 2 is 0.821 bits per heavy atom. The van der Waals surface area contributed by atoms with Crippen LogP contribution in [0.1, 0.15) is 22.3 Å². The first-order valence-electron chi connectivity index (χ1n) is 13.8. The molecule has 2 atom stereocenters. The normalized spacial score (nSPS) is 18.7. The largest absolute Gasteiger partial charge is 0.478 e. The zero-order valence-corrected chi connectivity index (χ0v) is 22.2. The second-order valence-corrected chi connectivity index (χ2v) is 10.6. The van der Waals surface area contributed by atoms with Crippen LogP contribution in [0.15, 0.2) is 131 Å². The van der Waals surface area contributed by atoms with Crippen LogP contribution in [0, 0.1) is 5.41 Å². The van der Waals surface area contributed by atoms with E-state index in [-0.39, 0.29) is 12.1 Å². The maximum absolute atomic E-state index is 6.50. The fourth-order valence-electron chi connectivity index (χ4n) is 5.68. The zero-order valence-electron chi connectivity index (χ0n) is 22.2. The quantitative estimate of drug-likeness (QED) is 0.241. The van der Waals surface area contributed by atoms with E-state index in [1.54, 1.807) is 0 Å². The summed E-state index contributed by atoms with van der Waals surface area (Å²) >= 11 is 0. The molecule has 0 saturated carbocycles. The van der Waals surface area contributed by atoms with Crippen molar-refractivity contribution in [2.45, 2.75) is 37.8 Å². The molecule has 0 bridgehead atoms. The number of aliphatic imine (C=N–C) groups is 2. The molecule has 4 heteroatoms. The van der Waals surface area contributed by atoms with Crippen LogP contribution in [0.3, 0.4) is 0 Å². The topological polar surface area (TPSA) is 43.2 Å². The lowest BCUT2D eigenvalue weighted by Crippen LogP contribution is -2.44. The van der Waals surface area contributed by atoms with Gasteiger partial charge in [-0.1, -0.05) is 121 Å². The maximum atomic E-state index is 6.50. The minimum atomic E-state index is -0.625. The number of hydrogen-bond donors (Lipinski definition) is 0. The summed E-state index contributed by atoms with van der Waals surface area (Å²) in [5.41, 5.74) is 4.34. The molecule has 0 unspecified atom stereocenters. The number of ether oxygens (including phenoxy) is 2. The van der Waals surface area contributed by atoms with Gasteiger partial charge in [0.25, 0.3) is 0 Å². The molecule has 4 aromatic rings. The first-order valence-corrected chi connectivity index (χ1v) is 13.8. The van der Waals surface area contributed by atoms with Crippen molar-refractivity contribution < 1.29 is 9.47 Å². The number of benzene rings is 4. The standard InChI is InChI=1S/C35H34N2O2/c1-5-13-27(14-6-1)21-31-25-38-33(36-31)35(23-29-17-9-3-10-18-29,24-30-19-11-4-12-20-30)34-37-32(26-39-34)22-28-15-7-2-8-16-28/h1-20,31-32H,21-26H2/t31-,32-/m1/s1. The smallest absolute Gasteiger partial charge is 0.200 e. The highest BCUT2D eigenvalue weighted by atomic mass is 16.5. The van der Waals surface area contributed by atoms with E-state index in [0.29, 0.717) is 26.1 Å². The molecule has 196 valence electrons. The van der Waals surface area contributed by atoms with E-state index in [4.69, 9.17) is 19.5 Å². The Balaban J connectivity index is 1.39. The van der Waals surface area contributed by atoms with E-state index in [1.165, 1.54) is 22.3 Å². The van der Waals surface area contributed by atoms with Gasteiger partial charge in [0.1, 0.15) is 18.6 Å². The first-order chi connectivity index (χ1) is 19.3. The van der Waals surface area contributed by atoms with Crippen LogP contribution >= 0.6 is 0 Å². The summed E-state index contributed by atoms with van der Waals surface area (Å²) in [5, 5.41) is 0. The molecule has 0 saturated heterocycles. The van der Waals surface area contributed by atoms with Crippen LogP contribution < -0.4 is 0 Å². The third-order valence-corrected chi connectivity index (χ3v) is 7.57. The summed E-state index contributed by atoms with van der Waals surface area (Å²) in [6, 6.07) is 42.4. The van der Waals surface area contributed by atoms with Crippen LogP contribution in [0.5, 0.6) is 0 Å². The van der Waals surface area contributed by atoms with Crippen molar-refractivity contribution in [3.8, 4) is 0 Å². The number of nitrogens with zero attached hydrogens (tertiary/aromatic N) is 2. The average molecular weight is 515 g/mol. The zero-order chi connectivity index (χ0) is 26.3. The summed E-state index contributed by atoms with van der Waals surface area (Å²) in [7, 11) is 0. The van der Waals surface area contributed by atoms with Gasteiger partial charge >= 0.3 is 0 Å². The van der Waals surface area contributed by atoms with Crippen LogP contribution in [0.4, 0.5) is 0 Å². The molecule has 0 N–H and O–H groups in total. The lowest BCUT2D eigenvalue weighted by atomic mass is 9.75. The summed E-state index contributed by atoms with van der Waals surface area (Å²) in [6.45, 7) is 1.13. The van der Waals surface area contributed by atoms with Gasteiger partial charge in [0.15, 0.2) is 11.8 Å². The molecule has 2 aliphatic heterocycles. The lowest BCUT2D eigenvalue weighted by molar-refractivity contribution is 0.248. The molecule has 0 spiro atoms. The van der Waals surface area contributed by atoms with Gasteiger partial charge in [-0.05, 0) is 47.9 Å². The van der Waals surface area contributed by atoms with E-state index in [9.17, 15) is 0 Å². The Labute approximate surface area is 231 Å². The predicted molar refractivity (Wildman–Crippen MR) is 157 cm³/mol. The summed E-state index contributed by atoms with van der Waals surface area (Å²) < 4.78 is 13.0. The molecule has 39 heavy (non-hydrogen) atoms. The molecule has 4 aromatic carbocycles. The molecular formula is C35H34N2O2. The maximum Gasteiger partial charge on any atom is 0.200 e. The first kappa shape index (κ1) is 25.1. The molecule has 0 radical (unpaired) electrons. The molecule has 0 amide bonds. The van der Waals surface area contributed by atoms with Crippen molar-refractivity contribution in [3.05, 3.63) is 144 Å². The van der Waals surface area contributed by atoms with Crippen molar-refractivity contribution in [2.24, 2.45) is 15.4 Å². The summed E-state index contributed by atoms with van der Waals surface area (Å²) in [4.78, 5) is 10.5. The van der Waals surface area contributed by atoms with E-state index in [1.807, 2.05) is 0 Å². The van der Waals surface area contributed by atoms with E-state index in [0.717, 1.165) is 24.6 Å². The molecule has 0 aliphatic carbocycles. The van der Waals surface area contributed by atoms with Gasteiger partial charge in [-0.2, -0.15) is 0 Å². The van der Waals surface area contributed by atoms with E-state index >= 15 is 0 Å². The van der Waals surface area contributed by atoms with Crippen LogP contribution in [-0.2, 0) is 35.2 Å². The molecule has 2 aliphatic rings. The third-order valence-electron chi connectivity index (χ3n) is 7.57. The Bertz CT molecular complexity index is 1290. The molecular weight excluding hydrogens is 480 g/mol. The van der Waals surface area contributed by atoms with E-state index < -0.39 is 5.41 Å². The lowest BCUT2D eigenvalue weighted by Gasteiger charge is -2.32. The van der Waals surface area contributed by atoms with Crippen molar-refractivity contribution in [2.75, 3.05) is 13.2 Å². The van der Waals surface area contributed by atoms with Gasteiger partial charge in [0.2, 0.25) is 0 Å². The fraction of sp³-hybridized carbons (Fsp3) is 0.257. The molecule has 0 fully saturated rings. The molecule has 0 aromatic heterocycles. The molecule has 6 rings (SSSR count). The Morgan fingerprint density at radius 1 is 0.487 bits per heavy atom. The second-order valence-electron chi connectivity index (χ2n) is 10.6. The van der Waals surface area contributed by atoms with Crippen LogP contribution in [-0.4, -0.2) is 37.1 Å². The SMILES string of the molecule is c1ccc(C[C@@H]2COC(C(Cc3ccccc3)(Cc3ccccc3)C3=N[C@H](Cc4ccccc4)CO3)=N2)cc1. The van der Waals surface area contributed by atoms with Gasteiger partial charge in [0.05, 0.1) is 12.1 Å². The Morgan fingerprint density at radius 3 is 1.18 bits per heavy atom. The van der Waals surface area contributed by atoms with Gasteiger partial charge in [0, 0.05) is 0 Å². The van der Waals surface area contributed by atoms with Crippen molar-refractivity contribution in [1.29, 1.82) is 0 Å². The van der Waals surface area contributed by atoms with Gasteiger partial charge in [-0.3, -0.25) is 0 Å². The number of rotatable bonds is 10. The van der Waals surface area contributed by atoms with Gasteiger partial charge < -0.3 is 9.47 Å². The second kappa shape index (κ2) is 11.7.